The lowest BCUT2D eigenvalue weighted by Crippen LogP contribution is -2.48. The van der Waals surface area contributed by atoms with E-state index in [1.54, 1.807) is 6.20 Å². The number of hydrogen-bond donors (Lipinski definition) is 1. The Morgan fingerprint density at radius 2 is 1.97 bits per heavy atom. The maximum Gasteiger partial charge on any atom is 0.254 e. The lowest BCUT2D eigenvalue weighted by molar-refractivity contribution is 0.0634. The molecule has 1 aliphatic heterocycles. The first-order valence-electron chi connectivity index (χ1n) is 10.0. The Hall–Kier alpha value is -1.82. The normalized spacial score (nSPS) is 15.8. The molecule has 1 unspecified atom stereocenters. The number of carbonyl (C=O) groups excluding carboxylic acids is 1. The van der Waals surface area contributed by atoms with E-state index in [0.717, 1.165) is 37.3 Å². The van der Waals surface area contributed by atoms with Crippen molar-refractivity contribution in [1.29, 1.82) is 0 Å². The highest BCUT2D eigenvalue weighted by atomic mass is 35.5. The Labute approximate surface area is 186 Å². The second-order valence-electron chi connectivity index (χ2n) is 6.98. The van der Waals surface area contributed by atoms with Crippen molar-refractivity contribution in [3.63, 3.8) is 0 Å². The summed E-state index contributed by atoms with van der Waals surface area (Å²) in [7, 11) is 0. The SMILES string of the molecule is CCCCN(CC)c1ccc(C(=O)N2CCNCC2c2cccnc2)cc1.Cl.Cl. The number of aromatic nitrogens is 1. The number of pyridine rings is 1. The van der Waals surface area contributed by atoms with Crippen LogP contribution in [-0.2, 0) is 0 Å². The summed E-state index contributed by atoms with van der Waals surface area (Å²) in [4.78, 5) is 21.7. The zero-order chi connectivity index (χ0) is 19.1. The predicted molar refractivity (Wildman–Crippen MR) is 125 cm³/mol. The standard InChI is InChI=1S/C22H30N4O.2ClH/c1-3-5-14-25(4-2)20-10-8-18(9-11-20)22(27)26-15-13-24-17-21(26)19-7-6-12-23-16-19;;/h6-12,16,21,24H,3-5,13-15,17H2,1-2H3;2*1H. The second-order valence-corrected chi connectivity index (χ2v) is 6.98. The zero-order valence-corrected chi connectivity index (χ0v) is 18.8. The topological polar surface area (TPSA) is 48.5 Å². The highest BCUT2D eigenvalue weighted by molar-refractivity contribution is 5.95. The van der Waals surface area contributed by atoms with Crippen LogP contribution in [0.5, 0.6) is 0 Å². The molecule has 1 atom stereocenters. The molecule has 0 radical (unpaired) electrons. The van der Waals surface area contributed by atoms with E-state index in [0.29, 0.717) is 6.54 Å². The van der Waals surface area contributed by atoms with Crippen LogP contribution in [0.3, 0.4) is 0 Å². The van der Waals surface area contributed by atoms with Crippen molar-refractivity contribution >= 4 is 36.4 Å². The number of piperazine rings is 1. The molecule has 1 amide bonds. The lowest BCUT2D eigenvalue weighted by Gasteiger charge is -2.36. The molecule has 1 aromatic heterocycles. The van der Waals surface area contributed by atoms with Crippen LogP contribution in [0.1, 0.15) is 48.7 Å². The van der Waals surface area contributed by atoms with Crippen molar-refractivity contribution < 1.29 is 4.79 Å². The third-order valence-corrected chi connectivity index (χ3v) is 5.22. The van der Waals surface area contributed by atoms with Gasteiger partial charge in [0.1, 0.15) is 0 Å². The molecule has 5 nitrogen and oxygen atoms in total. The van der Waals surface area contributed by atoms with Crippen molar-refractivity contribution in [3.05, 3.63) is 59.9 Å². The Bertz CT molecular complexity index is 727. The Kier molecular flexibility index (Phi) is 11.0. The number of halogens is 2. The number of nitrogens with one attached hydrogen (secondary N) is 1. The number of benzene rings is 1. The van der Waals surface area contributed by atoms with Gasteiger partial charge in [0.25, 0.3) is 5.91 Å². The summed E-state index contributed by atoms with van der Waals surface area (Å²) < 4.78 is 0. The molecule has 29 heavy (non-hydrogen) atoms. The maximum atomic E-state index is 13.2. The van der Waals surface area contributed by atoms with Gasteiger partial charge in [-0.1, -0.05) is 19.4 Å². The Balaban J connectivity index is 0.00000210. The van der Waals surface area contributed by atoms with E-state index in [4.69, 9.17) is 0 Å². The van der Waals surface area contributed by atoms with Gasteiger partial charge in [0, 0.05) is 56.4 Å². The first-order chi connectivity index (χ1) is 13.2. The number of amides is 1. The van der Waals surface area contributed by atoms with Crippen molar-refractivity contribution in [3.8, 4) is 0 Å². The molecule has 160 valence electrons. The highest BCUT2D eigenvalue weighted by Gasteiger charge is 2.28. The molecule has 1 aliphatic rings. The zero-order valence-electron chi connectivity index (χ0n) is 17.2. The smallest absolute Gasteiger partial charge is 0.254 e. The average molecular weight is 439 g/mol. The van der Waals surface area contributed by atoms with Gasteiger partial charge in [-0.15, -0.1) is 24.8 Å². The van der Waals surface area contributed by atoms with Crippen molar-refractivity contribution in [2.24, 2.45) is 0 Å². The highest BCUT2D eigenvalue weighted by Crippen LogP contribution is 2.24. The molecule has 3 rings (SSSR count). The van der Waals surface area contributed by atoms with Crippen LogP contribution in [-0.4, -0.2) is 48.5 Å². The number of anilines is 1. The summed E-state index contributed by atoms with van der Waals surface area (Å²) in [6.45, 7) is 8.71. The first-order valence-corrected chi connectivity index (χ1v) is 10.0. The van der Waals surface area contributed by atoms with Gasteiger partial charge >= 0.3 is 0 Å². The molecule has 2 heterocycles. The van der Waals surface area contributed by atoms with Gasteiger partial charge in [-0.05, 0) is 49.2 Å². The van der Waals surface area contributed by atoms with Gasteiger partial charge in [0.2, 0.25) is 0 Å². The van der Waals surface area contributed by atoms with E-state index < -0.39 is 0 Å². The average Bonchev–Trinajstić information content (AvgIpc) is 2.75. The quantitative estimate of drug-likeness (QED) is 0.698. The summed E-state index contributed by atoms with van der Waals surface area (Å²) in [6, 6.07) is 12.1. The molecule has 1 N–H and O–H groups in total. The molecule has 1 saturated heterocycles. The Morgan fingerprint density at radius 3 is 2.59 bits per heavy atom. The lowest BCUT2D eigenvalue weighted by atomic mass is 10.0. The van der Waals surface area contributed by atoms with Gasteiger partial charge in [-0.25, -0.2) is 0 Å². The molecule has 0 saturated carbocycles. The minimum absolute atomic E-state index is 0. The van der Waals surface area contributed by atoms with Crippen LogP contribution in [0.2, 0.25) is 0 Å². The van der Waals surface area contributed by atoms with Crippen molar-refractivity contribution in [2.45, 2.75) is 32.7 Å². The van der Waals surface area contributed by atoms with Crippen LogP contribution in [0.4, 0.5) is 5.69 Å². The van der Waals surface area contributed by atoms with Crippen LogP contribution in [0, 0.1) is 0 Å². The number of carbonyl (C=O) groups is 1. The molecule has 1 fully saturated rings. The van der Waals surface area contributed by atoms with Crippen LogP contribution >= 0.6 is 24.8 Å². The predicted octanol–water partition coefficient (Wildman–Crippen LogP) is 4.34. The van der Waals surface area contributed by atoms with Gasteiger partial charge in [0.15, 0.2) is 0 Å². The van der Waals surface area contributed by atoms with Gasteiger partial charge in [-0.3, -0.25) is 9.78 Å². The fourth-order valence-electron chi connectivity index (χ4n) is 3.62. The fraction of sp³-hybridized carbons (Fsp3) is 0.455. The van der Waals surface area contributed by atoms with Crippen LogP contribution in [0.25, 0.3) is 0 Å². The van der Waals surface area contributed by atoms with Crippen molar-refractivity contribution in [2.75, 3.05) is 37.6 Å². The Morgan fingerprint density at radius 1 is 1.21 bits per heavy atom. The largest absolute Gasteiger partial charge is 0.372 e. The monoisotopic (exact) mass is 438 g/mol. The molecule has 0 spiro atoms. The summed E-state index contributed by atoms with van der Waals surface area (Å²) >= 11 is 0. The molecule has 2 aromatic rings. The number of unbranched alkanes of at least 4 members (excludes halogenated alkanes) is 1. The molecule has 0 bridgehead atoms. The molecular weight excluding hydrogens is 407 g/mol. The summed E-state index contributed by atoms with van der Waals surface area (Å²) in [5.41, 5.74) is 3.01. The van der Waals surface area contributed by atoms with Gasteiger partial charge in [0.05, 0.1) is 6.04 Å². The van der Waals surface area contributed by atoms with Gasteiger partial charge in [-0.2, -0.15) is 0 Å². The summed E-state index contributed by atoms with van der Waals surface area (Å²) in [6.07, 6.45) is 5.99. The molecular formula is C22H32Cl2N4O. The third-order valence-electron chi connectivity index (χ3n) is 5.22. The van der Waals surface area contributed by atoms with Crippen LogP contribution < -0.4 is 10.2 Å². The van der Waals surface area contributed by atoms with E-state index in [9.17, 15) is 4.79 Å². The minimum Gasteiger partial charge on any atom is -0.372 e. The molecule has 1 aromatic carbocycles. The third kappa shape index (κ3) is 6.33. The maximum absolute atomic E-state index is 13.2. The van der Waals surface area contributed by atoms with Crippen LogP contribution in [0.15, 0.2) is 48.8 Å². The second kappa shape index (κ2) is 12.7. The number of nitrogens with zero attached hydrogens (tertiary/aromatic N) is 3. The van der Waals surface area contributed by atoms with Gasteiger partial charge < -0.3 is 15.1 Å². The van der Waals surface area contributed by atoms with Crippen molar-refractivity contribution in [1.82, 2.24) is 15.2 Å². The summed E-state index contributed by atoms with van der Waals surface area (Å²) in [5, 5.41) is 3.39. The molecule has 7 heteroatoms. The van der Waals surface area contributed by atoms with E-state index in [-0.39, 0.29) is 36.8 Å². The minimum atomic E-state index is 0. The number of rotatable bonds is 7. The summed E-state index contributed by atoms with van der Waals surface area (Å²) in [5.74, 6) is 0.0912. The van der Waals surface area contributed by atoms with E-state index in [1.807, 2.05) is 35.4 Å². The van der Waals surface area contributed by atoms with E-state index in [2.05, 4.69) is 41.2 Å². The fourth-order valence-corrected chi connectivity index (χ4v) is 3.62. The molecule has 0 aliphatic carbocycles. The van der Waals surface area contributed by atoms with E-state index >= 15 is 0 Å². The first kappa shape index (κ1) is 25.2. The number of hydrogen-bond acceptors (Lipinski definition) is 4. The van der Waals surface area contributed by atoms with E-state index in [1.165, 1.54) is 18.5 Å².